The summed E-state index contributed by atoms with van der Waals surface area (Å²) in [5.41, 5.74) is 0.143. The highest BCUT2D eigenvalue weighted by molar-refractivity contribution is 6.88. The van der Waals surface area contributed by atoms with E-state index < -0.39 is 19.1 Å². The van der Waals surface area contributed by atoms with Crippen molar-refractivity contribution in [2.45, 2.75) is 46.0 Å². The number of benzene rings is 1. The van der Waals surface area contributed by atoms with Crippen LogP contribution in [0.5, 0.6) is 0 Å². The summed E-state index contributed by atoms with van der Waals surface area (Å²) in [5.74, 6) is -0.140. The van der Waals surface area contributed by atoms with E-state index in [2.05, 4.69) is 49.2 Å². The molecule has 2 rings (SSSR count). The fourth-order valence-electron chi connectivity index (χ4n) is 2.29. The van der Waals surface area contributed by atoms with E-state index in [1.807, 2.05) is 20.8 Å². The normalized spacial score (nSPS) is 18.0. The van der Waals surface area contributed by atoms with Crippen LogP contribution in [0.1, 0.15) is 26.3 Å². The molecule has 3 nitrogen and oxygen atoms in total. The van der Waals surface area contributed by atoms with E-state index in [0.29, 0.717) is 13.1 Å². The van der Waals surface area contributed by atoms with Crippen molar-refractivity contribution in [3.63, 3.8) is 0 Å². The SMILES string of the molecule is CC(C)(C)C(=O)OC1(c2ccc([Si](C)(C)C)cc2)CNC1. The number of hydrogen-bond acceptors (Lipinski definition) is 3. The largest absolute Gasteiger partial charge is 0.451 e. The van der Waals surface area contributed by atoms with Crippen LogP contribution in [0.3, 0.4) is 0 Å². The molecule has 0 bridgehead atoms. The Bertz CT molecular complexity index is 519. The van der Waals surface area contributed by atoms with Gasteiger partial charge in [-0.15, -0.1) is 0 Å². The van der Waals surface area contributed by atoms with Gasteiger partial charge in [-0.25, -0.2) is 0 Å². The second-order valence-electron chi connectivity index (χ2n) is 8.06. The Balaban J connectivity index is 2.23. The molecule has 1 aliphatic rings. The van der Waals surface area contributed by atoms with Gasteiger partial charge in [-0.1, -0.05) is 49.1 Å². The van der Waals surface area contributed by atoms with Gasteiger partial charge in [-0.3, -0.25) is 4.79 Å². The quantitative estimate of drug-likeness (QED) is 0.689. The summed E-state index contributed by atoms with van der Waals surface area (Å²) in [5, 5.41) is 4.66. The highest BCUT2D eigenvalue weighted by atomic mass is 28.3. The number of carbonyl (C=O) groups excluding carboxylic acids is 1. The molecular formula is C17H27NO2Si. The topological polar surface area (TPSA) is 38.3 Å². The van der Waals surface area contributed by atoms with Gasteiger partial charge in [0.05, 0.1) is 13.5 Å². The fraction of sp³-hybridized carbons (Fsp3) is 0.588. The van der Waals surface area contributed by atoms with Crippen LogP contribution in [0.15, 0.2) is 24.3 Å². The van der Waals surface area contributed by atoms with Crippen LogP contribution in [-0.2, 0) is 15.1 Å². The van der Waals surface area contributed by atoms with Crippen molar-refractivity contribution in [3.8, 4) is 0 Å². The third-order valence-corrected chi connectivity index (χ3v) is 6.06. The molecule has 1 aromatic carbocycles. The maximum Gasteiger partial charge on any atom is 0.312 e. The zero-order valence-electron chi connectivity index (χ0n) is 14.0. The predicted octanol–water partition coefficient (Wildman–Crippen LogP) is 2.62. The van der Waals surface area contributed by atoms with Gasteiger partial charge in [0.15, 0.2) is 5.60 Å². The lowest BCUT2D eigenvalue weighted by molar-refractivity contribution is -0.177. The molecule has 0 saturated carbocycles. The summed E-state index contributed by atoms with van der Waals surface area (Å²) in [4.78, 5) is 12.2. The highest BCUT2D eigenvalue weighted by Crippen LogP contribution is 2.32. The van der Waals surface area contributed by atoms with Gasteiger partial charge < -0.3 is 10.1 Å². The van der Waals surface area contributed by atoms with Crippen LogP contribution >= 0.6 is 0 Å². The lowest BCUT2D eigenvalue weighted by atomic mass is 9.87. The molecule has 0 aromatic heterocycles. The Morgan fingerprint density at radius 3 is 2.00 bits per heavy atom. The third kappa shape index (κ3) is 3.38. The van der Waals surface area contributed by atoms with E-state index in [1.165, 1.54) is 5.19 Å². The number of carbonyl (C=O) groups is 1. The first-order valence-corrected chi connectivity index (χ1v) is 11.1. The molecule has 1 heterocycles. The zero-order chi connectivity index (χ0) is 15.9. The van der Waals surface area contributed by atoms with Crippen molar-refractivity contribution >= 4 is 19.2 Å². The molecule has 1 saturated heterocycles. The number of nitrogens with one attached hydrogen (secondary N) is 1. The monoisotopic (exact) mass is 305 g/mol. The van der Waals surface area contributed by atoms with Crippen LogP contribution in [0.25, 0.3) is 0 Å². The Kier molecular flexibility index (Phi) is 4.06. The van der Waals surface area contributed by atoms with Crippen molar-refractivity contribution in [1.82, 2.24) is 5.32 Å². The molecule has 1 aliphatic heterocycles. The van der Waals surface area contributed by atoms with Gasteiger partial charge >= 0.3 is 5.97 Å². The minimum atomic E-state index is -1.29. The zero-order valence-corrected chi connectivity index (χ0v) is 15.0. The summed E-state index contributed by atoms with van der Waals surface area (Å²) >= 11 is 0. The first-order chi connectivity index (χ1) is 9.55. The third-order valence-electron chi connectivity index (χ3n) is 4.00. The fourth-order valence-corrected chi connectivity index (χ4v) is 3.46. The molecule has 4 heteroatoms. The smallest absolute Gasteiger partial charge is 0.312 e. The van der Waals surface area contributed by atoms with E-state index in [1.54, 1.807) is 0 Å². The summed E-state index contributed by atoms with van der Waals surface area (Å²) in [6.07, 6.45) is 0. The Labute approximate surface area is 129 Å². The van der Waals surface area contributed by atoms with Gasteiger partial charge in [0, 0.05) is 13.1 Å². The van der Waals surface area contributed by atoms with E-state index in [4.69, 9.17) is 4.74 Å². The molecular weight excluding hydrogens is 278 g/mol. The van der Waals surface area contributed by atoms with E-state index >= 15 is 0 Å². The van der Waals surface area contributed by atoms with Crippen LogP contribution in [0.4, 0.5) is 0 Å². The Hall–Kier alpha value is -1.13. The van der Waals surface area contributed by atoms with Gasteiger partial charge in [-0.05, 0) is 26.3 Å². The van der Waals surface area contributed by atoms with Gasteiger partial charge in [0.2, 0.25) is 0 Å². The summed E-state index contributed by atoms with van der Waals surface area (Å²) < 4.78 is 5.86. The van der Waals surface area contributed by atoms with E-state index in [9.17, 15) is 4.79 Å². The molecule has 116 valence electrons. The van der Waals surface area contributed by atoms with Crippen molar-refractivity contribution in [2.75, 3.05) is 13.1 Å². The van der Waals surface area contributed by atoms with Gasteiger partial charge in [-0.2, -0.15) is 0 Å². The summed E-state index contributed by atoms with van der Waals surface area (Å²) in [6, 6.07) is 8.66. The minimum Gasteiger partial charge on any atom is -0.451 e. The molecule has 1 fully saturated rings. The van der Waals surface area contributed by atoms with Crippen molar-refractivity contribution in [3.05, 3.63) is 29.8 Å². The van der Waals surface area contributed by atoms with Gasteiger partial charge in [0.1, 0.15) is 0 Å². The molecule has 0 amide bonds. The first-order valence-electron chi connectivity index (χ1n) is 7.60. The van der Waals surface area contributed by atoms with Crippen LogP contribution in [-0.4, -0.2) is 27.1 Å². The number of ether oxygens (including phenoxy) is 1. The summed E-state index contributed by atoms with van der Waals surface area (Å²) in [6.45, 7) is 14.1. The lowest BCUT2D eigenvalue weighted by Gasteiger charge is -2.43. The number of hydrogen-bond donors (Lipinski definition) is 1. The second-order valence-corrected chi connectivity index (χ2v) is 13.1. The first kappa shape index (κ1) is 16.2. The lowest BCUT2D eigenvalue weighted by Crippen LogP contribution is -2.60. The average Bonchev–Trinajstić information content (AvgIpc) is 2.31. The van der Waals surface area contributed by atoms with Crippen LogP contribution in [0.2, 0.25) is 19.6 Å². The van der Waals surface area contributed by atoms with Crippen LogP contribution in [0, 0.1) is 5.41 Å². The molecule has 21 heavy (non-hydrogen) atoms. The molecule has 0 spiro atoms. The maximum atomic E-state index is 12.2. The Morgan fingerprint density at radius 1 is 1.14 bits per heavy atom. The van der Waals surface area contributed by atoms with E-state index in [-0.39, 0.29) is 5.97 Å². The van der Waals surface area contributed by atoms with Crippen LogP contribution < -0.4 is 10.5 Å². The molecule has 1 N–H and O–H groups in total. The molecule has 0 aliphatic carbocycles. The van der Waals surface area contributed by atoms with Crippen molar-refractivity contribution in [2.24, 2.45) is 5.41 Å². The average molecular weight is 305 g/mol. The number of rotatable bonds is 3. The van der Waals surface area contributed by atoms with Crippen molar-refractivity contribution < 1.29 is 9.53 Å². The van der Waals surface area contributed by atoms with E-state index in [0.717, 1.165) is 5.56 Å². The second kappa shape index (κ2) is 5.25. The molecule has 0 radical (unpaired) electrons. The Morgan fingerprint density at radius 2 is 1.67 bits per heavy atom. The minimum absolute atomic E-state index is 0.140. The van der Waals surface area contributed by atoms with Gasteiger partial charge in [0.25, 0.3) is 0 Å². The molecule has 1 aromatic rings. The predicted molar refractivity (Wildman–Crippen MR) is 89.5 cm³/mol. The molecule has 0 atom stereocenters. The van der Waals surface area contributed by atoms with Crippen molar-refractivity contribution in [1.29, 1.82) is 0 Å². The summed E-state index contributed by atoms with van der Waals surface area (Å²) in [7, 11) is -1.29. The molecule has 0 unspecified atom stereocenters. The highest BCUT2D eigenvalue weighted by Gasteiger charge is 2.44. The number of esters is 1. The standard InChI is InChI=1S/C17H27NO2Si/c1-16(2,3)15(19)20-17(11-18-12-17)13-7-9-14(10-8-13)21(4,5)6/h7-10,18H,11-12H2,1-6H3. The maximum absolute atomic E-state index is 12.2.